The number of fused-ring (bicyclic) bond motifs is 2. The van der Waals surface area contributed by atoms with E-state index < -0.39 is 0 Å². The van der Waals surface area contributed by atoms with E-state index in [-0.39, 0.29) is 11.5 Å². The van der Waals surface area contributed by atoms with Crippen LogP contribution >= 0.6 is 0 Å². The van der Waals surface area contributed by atoms with Gasteiger partial charge in [-0.25, -0.2) is 0 Å². The monoisotopic (exact) mass is 387 g/mol. The number of carbonyl (C=O) groups is 1. The Morgan fingerprint density at radius 2 is 1.68 bits per heavy atom. The van der Waals surface area contributed by atoms with Crippen molar-refractivity contribution in [3.8, 4) is 11.5 Å². The molecule has 0 unspecified atom stereocenters. The van der Waals surface area contributed by atoms with E-state index in [1.54, 1.807) is 14.2 Å². The van der Waals surface area contributed by atoms with Crippen molar-refractivity contribution in [2.75, 3.05) is 33.9 Å². The molecule has 1 amide bonds. The summed E-state index contributed by atoms with van der Waals surface area (Å²) < 4.78 is 11.1. The summed E-state index contributed by atoms with van der Waals surface area (Å²) in [5, 5.41) is 0. The second-order valence-electron chi connectivity index (χ2n) is 8.99. The number of likely N-dealkylation sites (tertiary alicyclic amines) is 1. The van der Waals surface area contributed by atoms with E-state index in [4.69, 9.17) is 9.47 Å². The normalized spacial score (nSPS) is 22.8. The van der Waals surface area contributed by atoms with Crippen molar-refractivity contribution in [2.24, 2.45) is 0 Å². The first-order chi connectivity index (χ1) is 13.6. The van der Waals surface area contributed by atoms with Crippen molar-refractivity contribution in [2.45, 2.75) is 69.9 Å². The third-order valence-electron chi connectivity index (χ3n) is 7.39. The summed E-state index contributed by atoms with van der Waals surface area (Å²) in [6.07, 6.45) is 8.60. The fourth-order valence-electron chi connectivity index (χ4n) is 5.78. The van der Waals surface area contributed by atoms with Crippen LogP contribution in [-0.2, 0) is 16.8 Å². The Morgan fingerprint density at radius 1 is 1.04 bits per heavy atom. The molecule has 154 valence electrons. The minimum atomic E-state index is 0.0560. The van der Waals surface area contributed by atoms with Gasteiger partial charge < -0.3 is 19.3 Å². The summed E-state index contributed by atoms with van der Waals surface area (Å²) in [6, 6.07) is 4.34. The number of carbonyl (C=O) groups excluding carboxylic acids is 1. The molecule has 1 aliphatic carbocycles. The smallest absolute Gasteiger partial charge is 0.280 e. The molecule has 1 aromatic carbocycles. The molecule has 3 aliphatic rings. The van der Waals surface area contributed by atoms with Gasteiger partial charge in [0, 0.05) is 18.5 Å². The van der Waals surface area contributed by atoms with Crippen molar-refractivity contribution >= 4 is 5.91 Å². The number of methoxy groups -OCH3 is 2. The van der Waals surface area contributed by atoms with Gasteiger partial charge in [-0.2, -0.15) is 0 Å². The Balaban J connectivity index is 1.65. The third kappa shape index (κ3) is 3.38. The lowest BCUT2D eigenvalue weighted by Gasteiger charge is -2.43. The van der Waals surface area contributed by atoms with Crippen LogP contribution in [0.3, 0.4) is 0 Å². The van der Waals surface area contributed by atoms with Gasteiger partial charge >= 0.3 is 0 Å². The minimum absolute atomic E-state index is 0.0560. The number of nitrogens with one attached hydrogen (secondary N) is 1. The van der Waals surface area contributed by atoms with Crippen LogP contribution in [0.4, 0.5) is 0 Å². The van der Waals surface area contributed by atoms with E-state index in [0.717, 1.165) is 44.0 Å². The number of hydrogen-bond acceptors (Lipinski definition) is 3. The fraction of sp³-hybridized carbons (Fsp3) is 0.696. The number of piperidine rings is 1. The molecule has 4 rings (SSSR count). The van der Waals surface area contributed by atoms with Crippen molar-refractivity contribution < 1.29 is 19.2 Å². The Hall–Kier alpha value is -1.75. The van der Waals surface area contributed by atoms with Crippen molar-refractivity contribution in [1.82, 2.24) is 4.90 Å². The van der Waals surface area contributed by atoms with E-state index in [2.05, 4.69) is 24.0 Å². The predicted octanol–water partition coefficient (Wildman–Crippen LogP) is 2.32. The number of benzene rings is 1. The fourth-order valence-corrected chi connectivity index (χ4v) is 5.78. The molecule has 1 N–H and O–H groups in total. The molecule has 0 aromatic heterocycles. The van der Waals surface area contributed by atoms with Crippen LogP contribution in [0, 0.1) is 0 Å². The van der Waals surface area contributed by atoms with E-state index >= 15 is 0 Å². The largest absolute Gasteiger partial charge is 0.493 e. The molecule has 28 heavy (non-hydrogen) atoms. The molecule has 1 atom stereocenters. The lowest BCUT2D eigenvalue weighted by Crippen LogP contribution is -3.17. The van der Waals surface area contributed by atoms with Crippen molar-refractivity contribution in [3.05, 3.63) is 23.3 Å². The molecular weight excluding hydrogens is 352 g/mol. The number of rotatable bonds is 4. The number of ether oxygens (including phenoxy) is 2. The van der Waals surface area contributed by atoms with Gasteiger partial charge in [0.05, 0.1) is 27.3 Å². The number of hydrogen-bond donors (Lipinski definition) is 1. The number of nitrogens with zero attached hydrogens (tertiary/aromatic N) is 1. The summed E-state index contributed by atoms with van der Waals surface area (Å²) in [4.78, 5) is 17.1. The Kier molecular flexibility index (Phi) is 5.55. The van der Waals surface area contributed by atoms with Crippen LogP contribution in [0.5, 0.6) is 11.5 Å². The lowest BCUT2D eigenvalue weighted by molar-refractivity contribution is -0.919. The quantitative estimate of drug-likeness (QED) is 0.862. The molecule has 2 fully saturated rings. The van der Waals surface area contributed by atoms with Gasteiger partial charge in [-0.05, 0) is 62.3 Å². The van der Waals surface area contributed by atoms with Gasteiger partial charge in [0.2, 0.25) is 0 Å². The van der Waals surface area contributed by atoms with Gasteiger partial charge in [-0.3, -0.25) is 4.79 Å². The first-order valence-electron chi connectivity index (χ1n) is 11.0. The first kappa shape index (κ1) is 19.6. The molecule has 5 heteroatoms. The highest BCUT2D eigenvalue weighted by molar-refractivity contribution is 5.81. The lowest BCUT2D eigenvalue weighted by atomic mass is 9.73. The van der Waals surface area contributed by atoms with Crippen molar-refractivity contribution in [3.63, 3.8) is 0 Å². The molecule has 2 heterocycles. The SMILES string of the molecule is COc1cc2c(cc1OC)C1(CCCC1)CN(C(=O)[C@H](C)[NH+]1CCCCC1)C2. The highest BCUT2D eigenvalue weighted by Crippen LogP contribution is 2.48. The van der Waals surface area contributed by atoms with Gasteiger partial charge in [0.15, 0.2) is 17.5 Å². The van der Waals surface area contributed by atoms with Gasteiger partial charge in [-0.15, -0.1) is 0 Å². The van der Waals surface area contributed by atoms with E-state index in [0.29, 0.717) is 12.5 Å². The molecule has 0 bridgehead atoms. The van der Waals surface area contributed by atoms with Gasteiger partial charge in [0.25, 0.3) is 5.91 Å². The van der Waals surface area contributed by atoms with E-state index in [9.17, 15) is 4.79 Å². The standard InChI is InChI=1S/C23H34N2O3/c1-17(24-11-7-4-8-12-24)22(26)25-15-18-13-20(27-2)21(28-3)14-19(18)23(16-25)9-5-6-10-23/h13-14,17H,4-12,15-16H2,1-3H3/p+1/t17-/m0/s1. The van der Waals surface area contributed by atoms with Gasteiger partial charge in [0.1, 0.15) is 0 Å². The molecule has 1 saturated heterocycles. The molecule has 5 nitrogen and oxygen atoms in total. The Morgan fingerprint density at radius 3 is 2.32 bits per heavy atom. The first-order valence-corrected chi connectivity index (χ1v) is 11.0. The number of amides is 1. The summed E-state index contributed by atoms with van der Waals surface area (Å²) in [6.45, 7) is 5.94. The molecular formula is C23H35N2O3+. The summed E-state index contributed by atoms with van der Waals surface area (Å²) >= 11 is 0. The third-order valence-corrected chi connectivity index (χ3v) is 7.39. The molecule has 1 saturated carbocycles. The van der Waals surface area contributed by atoms with Crippen LogP contribution in [0.15, 0.2) is 12.1 Å². The van der Waals surface area contributed by atoms with Gasteiger partial charge in [-0.1, -0.05) is 12.8 Å². The molecule has 1 spiro atoms. The maximum atomic E-state index is 13.5. The Bertz CT molecular complexity index is 721. The van der Waals surface area contributed by atoms with Crippen LogP contribution in [0.2, 0.25) is 0 Å². The Labute approximate surface area is 169 Å². The van der Waals surface area contributed by atoms with E-state index in [1.807, 2.05) is 0 Å². The van der Waals surface area contributed by atoms with Crippen molar-refractivity contribution in [1.29, 1.82) is 0 Å². The predicted molar refractivity (Wildman–Crippen MR) is 109 cm³/mol. The van der Waals surface area contributed by atoms with Crippen LogP contribution < -0.4 is 14.4 Å². The second kappa shape index (κ2) is 7.94. The molecule has 0 radical (unpaired) electrons. The highest BCUT2D eigenvalue weighted by atomic mass is 16.5. The average molecular weight is 388 g/mol. The zero-order chi connectivity index (χ0) is 19.7. The zero-order valence-corrected chi connectivity index (χ0v) is 17.7. The van der Waals surface area contributed by atoms with Crippen LogP contribution in [-0.4, -0.2) is 50.7 Å². The average Bonchev–Trinajstić information content (AvgIpc) is 3.21. The topological polar surface area (TPSA) is 43.2 Å². The summed E-state index contributed by atoms with van der Waals surface area (Å²) in [5.74, 6) is 1.89. The second-order valence-corrected chi connectivity index (χ2v) is 8.99. The van der Waals surface area contributed by atoms with Crippen LogP contribution in [0.25, 0.3) is 0 Å². The van der Waals surface area contributed by atoms with E-state index in [1.165, 1.54) is 48.1 Å². The summed E-state index contributed by atoms with van der Waals surface area (Å²) in [5.41, 5.74) is 2.70. The molecule has 2 aliphatic heterocycles. The maximum absolute atomic E-state index is 13.5. The zero-order valence-electron chi connectivity index (χ0n) is 17.7. The minimum Gasteiger partial charge on any atom is -0.493 e. The highest BCUT2D eigenvalue weighted by Gasteiger charge is 2.45. The summed E-state index contributed by atoms with van der Waals surface area (Å²) in [7, 11) is 3.39. The van der Waals surface area contributed by atoms with Crippen LogP contribution in [0.1, 0.15) is 63.0 Å². The number of quaternary nitrogens is 1. The molecule has 1 aromatic rings. The maximum Gasteiger partial charge on any atom is 0.280 e.